The SMILES string of the molecule is Cc1ccc(N2C(=O)NC(=O)/C(=C/c3cccc(OCc4ccc(Cl)cc4)c3)C2=O)c(C)c1. The highest BCUT2D eigenvalue weighted by Crippen LogP contribution is 2.26. The van der Waals surface area contributed by atoms with Gasteiger partial charge in [0.2, 0.25) is 0 Å². The predicted molar refractivity (Wildman–Crippen MR) is 127 cm³/mol. The quantitative estimate of drug-likeness (QED) is 0.419. The van der Waals surface area contributed by atoms with Crippen LogP contribution in [0.2, 0.25) is 5.02 Å². The lowest BCUT2D eigenvalue weighted by molar-refractivity contribution is -0.122. The standard InChI is InChI=1S/C26H21ClN2O4/c1-16-6-11-23(17(2)12-16)29-25(31)22(24(30)28-26(29)32)14-19-4-3-5-21(13-19)33-15-18-7-9-20(27)10-8-18/h3-14H,15H2,1-2H3,(H,28,30,32)/b22-14-. The van der Waals surface area contributed by atoms with Gasteiger partial charge in [0.25, 0.3) is 11.8 Å². The fraction of sp³-hybridized carbons (Fsp3) is 0.115. The van der Waals surface area contributed by atoms with Gasteiger partial charge >= 0.3 is 6.03 Å². The molecular formula is C26H21ClN2O4. The monoisotopic (exact) mass is 460 g/mol. The fourth-order valence-corrected chi connectivity index (χ4v) is 3.67. The van der Waals surface area contributed by atoms with Crippen LogP contribution in [0.4, 0.5) is 10.5 Å². The number of anilines is 1. The van der Waals surface area contributed by atoms with E-state index >= 15 is 0 Å². The highest BCUT2D eigenvalue weighted by atomic mass is 35.5. The molecule has 0 radical (unpaired) electrons. The Balaban J connectivity index is 1.58. The summed E-state index contributed by atoms with van der Waals surface area (Å²) < 4.78 is 5.83. The summed E-state index contributed by atoms with van der Waals surface area (Å²) in [6, 6.07) is 19.0. The van der Waals surface area contributed by atoms with Crippen molar-refractivity contribution in [3.8, 4) is 5.75 Å². The highest BCUT2D eigenvalue weighted by molar-refractivity contribution is 6.39. The molecule has 1 aliphatic heterocycles. The first-order chi connectivity index (χ1) is 15.8. The molecule has 166 valence electrons. The van der Waals surface area contributed by atoms with Gasteiger partial charge < -0.3 is 4.74 Å². The van der Waals surface area contributed by atoms with E-state index in [1.807, 2.05) is 38.1 Å². The number of barbiturate groups is 1. The first-order valence-electron chi connectivity index (χ1n) is 10.3. The number of ether oxygens (including phenoxy) is 1. The molecule has 1 N–H and O–H groups in total. The van der Waals surface area contributed by atoms with Crippen LogP contribution in [-0.4, -0.2) is 17.8 Å². The van der Waals surface area contributed by atoms with Gasteiger partial charge in [0.1, 0.15) is 17.9 Å². The van der Waals surface area contributed by atoms with Crippen molar-refractivity contribution in [2.45, 2.75) is 20.5 Å². The molecular weight excluding hydrogens is 440 g/mol. The van der Waals surface area contributed by atoms with E-state index in [0.717, 1.165) is 21.6 Å². The molecule has 0 bridgehead atoms. The molecule has 4 amide bonds. The fourth-order valence-electron chi connectivity index (χ4n) is 3.54. The molecule has 1 fully saturated rings. The van der Waals surface area contributed by atoms with Gasteiger partial charge in [-0.25, -0.2) is 9.69 Å². The minimum absolute atomic E-state index is 0.135. The molecule has 33 heavy (non-hydrogen) atoms. The topological polar surface area (TPSA) is 75.7 Å². The number of benzene rings is 3. The summed E-state index contributed by atoms with van der Waals surface area (Å²) in [4.78, 5) is 39.1. The van der Waals surface area contributed by atoms with Crippen LogP contribution in [0.3, 0.4) is 0 Å². The van der Waals surface area contributed by atoms with Crippen molar-refractivity contribution in [1.29, 1.82) is 0 Å². The van der Waals surface area contributed by atoms with Crippen LogP contribution >= 0.6 is 11.6 Å². The number of imide groups is 2. The first-order valence-corrected chi connectivity index (χ1v) is 10.7. The lowest BCUT2D eigenvalue weighted by Crippen LogP contribution is -2.54. The van der Waals surface area contributed by atoms with E-state index in [9.17, 15) is 14.4 Å². The molecule has 7 heteroatoms. The van der Waals surface area contributed by atoms with Gasteiger partial charge in [-0.05, 0) is 66.9 Å². The average Bonchev–Trinajstić information content (AvgIpc) is 2.78. The van der Waals surface area contributed by atoms with Crippen LogP contribution in [0.15, 0.2) is 72.3 Å². The van der Waals surface area contributed by atoms with Gasteiger partial charge in [-0.3, -0.25) is 14.9 Å². The number of urea groups is 1. The highest BCUT2D eigenvalue weighted by Gasteiger charge is 2.37. The lowest BCUT2D eigenvalue weighted by Gasteiger charge is -2.27. The van der Waals surface area contributed by atoms with E-state index in [-0.39, 0.29) is 5.57 Å². The number of halogens is 1. The van der Waals surface area contributed by atoms with Gasteiger partial charge in [-0.15, -0.1) is 0 Å². The summed E-state index contributed by atoms with van der Waals surface area (Å²) in [5.41, 5.74) is 3.60. The molecule has 0 unspecified atom stereocenters. The molecule has 4 rings (SSSR count). The Hall–Kier alpha value is -3.90. The number of carbonyl (C=O) groups is 3. The van der Waals surface area contributed by atoms with Crippen molar-refractivity contribution in [2.75, 3.05) is 4.90 Å². The summed E-state index contributed by atoms with van der Waals surface area (Å²) in [6.45, 7) is 4.07. The molecule has 0 spiro atoms. The van der Waals surface area contributed by atoms with Crippen LogP contribution in [0, 0.1) is 13.8 Å². The summed E-state index contributed by atoms with van der Waals surface area (Å²) in [5, 5.41) is 2.90. The third-order valence-corrected chi connectivity index (χ3v) is 5.43. The van der Waals surface area contributed by atoms with Gasteiger partial charge in [0.05, 0.1) is 5.69 Å². The average molecular weight is 461 g/mol. The van der Waals surface area contributed by atoms with Gasteiger partial charge in [0.15, 0.2) is 0 Å². The molecule has 1 saturated heterocycles. The number of amides is 4. The maximum atomic E-state index is 13.1. The summed E-state index contributed by atoms with van der Waals surface area (Å²) in [5.74, 6) is -0.841. The molecule has 1 aliphatic rings. The smallest absolute Gasteiger partial charge is 0.335 e. The number of rotatable bonds is 5. The van der Waals surface area contributed by atoms with Crippen molar-refractivity contribution in [3.05, 3.63) is 99.6 Å². The number of hydrogen-bond donors (Lipinski definition) is 1. The zero-order chi connectivity index (χ0) is 23.5. The normalized spacial score (nSPS) is 15.1. The second-order valence-corrected chi connectivity index (χ2v) is 8.17. The third-order valence-electron chi connectivity index (χ3n) is 5.18. The third kappa shape index (κ3) is 4.96. The Morgan fingerprint density at radius 3 is 2.45 bits per heavy atom. The van der Waals surface area contributed by atoms with E-state index in [1.165, 1.54) is 6.08 Å². The Kier molecular flexibility index (Phi) is 6.29. The molecule has 0 aliphatic carbocycles. The minimum atomic E-state index is -0.769. The Morgan fingerprint density at radius 1 is 0.970 bits per heavy atom. The largest absolute Gasteiger partial charge is 0.489 e. The molecule has 0 saturated carbocycles. The van der Waals surface area contributed by atoms with Gasteiger partial charge in [-0.2, -0.15) is 0 Å². The number of carbonyl (C=O) groups excluding carboxylic acids is 3. The van der Waals surface area contributed by atoms with Crippen LogP contribution in [0.5, 0.6) is 5.75 Å². The summed E-state index contributed by atoms with van der Waals surface area (Å²) >= 11 is 5.91. The summed E-state index contributed by atoms with van der Waals surface area (Å²) in [7, 11) is 0. The van der Waals surface area contributed by atoms with Crippen LogP contribution in [0.25, 0.3) is 6.08 Å². The Labute approximate surface area is 196 Å². The van der Waals surface area contributed by atoms with Crippen LogP contribution < -0.4 is 15.0 Å². The van der Waals surface area contributed by atoms with Crippen LogP contribution in [0.1, 0.15) is 22.3 Å². The number of hydrogen-bond acceptors (Lipinski definition) is 4. The van der Waals surface area contributed by atoms with Crippen molar-refractivity contribution >= 4 is 41.2 Å². The maximum absolute atomic E-state index is 13.1. The molecule has 6 nitrogen and oxygen atoms in total. The molecule has 0 atom stereocenters. The van der Waals surface area contributed by atoms with E-state index < -0.39 is 17.8 Å². The Bertz CT molecular complexity index is 1280. The Morgan fingerprint density at radius 2 is 1.73 bits per heavy atom. The van der Waals surface area contributed by atoms with Crippen molar-refractivity contribution in [2.24, 2.45) is 0 Å². The molecule has 3 aromatic rings. The van der Waals surface area contributed by atoms with Crippen LogP contribution in [-0.2, 0) is 16.2 Å². The minimum Gasteiger partial charge on any atom is -0.489 e. The lowest BCUT2D eigenvalue weighted by atomic mass is 10.0. The second-order valence-electron chi connectivity index (χ2n) is 7.74. The molecule has 3 aromatic carbocycles. The number of nitrogens with one attached hydrogen (secondary N) is 1. The van der Waals surface area contributed by atoms with E-state index in [2.05, 4.69) is 5.32 Å². The first kappa shape index (κ1) is 22.3. The molecule has 1 heterocycles. The maximum Gasteiger partial charge on any atom is 0.335 e. The van der Waals surface area contributed by atoms with Gasteiger partial charge in [-0.1, -0.05) is 53.6 Å². The number of nitrogens with zero attached hydrogens (tertiary/aromatic N) is 1. The van der Waals surface area contributed by atoms with E-state index in [1.54, 1.807) is 42.5 Å². The van der Waals surface area contributed by atoms with Gasteiger partial charge in [0, 0.05) is 5.02 Å². The van der Waals surface area contributed by atoms with Crippen molar-refractivity contribution < 1.29 is 19.1 Å². The number of aryl methyl sites for hydroxylation is 2. The molecule has 0 aromatic heterocycles. The van der Waals surface area contributed by atoms with Crippen molar-refractivity contribution in [3.63, 3.8) is 0 Å². The van der Waals surface area contributed by atoms with E-state index in [0.29, 0.717) is 28.6 Å². The predicted octanol–water partition coefficient (Wildman–Crippen LogP) is 5.20. The summed E-state index contributed by atoms with van der Waals surface area (Å²) in [6.07, 6.45) is 1.45. The zero-order valence-corrected chi connectivity index (χ0v) is 18.8. The van der Waals surface area contributed by atoms with E-state index in [4.69, 9.17) is 16.3 Å². The van der Waals surface area contributed by atoms with Crippen molar-refractivity contribution in [1.82, 2.24) is 5.32 Å². The zero-order valence-electron chi connectivity index (χ0n) is 18.1. The second kappa shape index (κ2) is 9.30.